The first kappa shape index (κ1) is 18.0. The molecule has 1 aromatic heterocycles. The minimum atomic E-state index is -0.835. The van der Waals surface area contributed by atoms with Gasteiger partial charge >= 0.3 is 5.97 Å². The van der Waals surface area contributed by atoms with Gasteiger partial charge in [-0.15, -0.1) is 0 Å². The van der Waals surface area contributed by atoms with Gasteiger partial charge in [-0.05, 0) is 37.6 Å². The number of aromatic amines is 1. The van der Waals surface area contributed by atoms with Crippen molar-refractivity contribution in [3.63, 3.8) is 0 Å². The third-order valence-electron chi connectivity index (χ3n) is 4.63. The van der Waals surface area contributed by atoms with Gasteiger partial charge in [0.1, 0.15) is 5.69 Å². The molecule has 6 nitrogen and oxygen atoms in total. The smallest absolute Gasteiger partial charge is 0.317 e. The van der Waals surface area contributed by atoms with E-state index in [2.05, 4.69) is 10.3 Å². The fraction of sp³-hybridized carbons (Fsp3) is 0.412. The fourth-order valence-electron chi connectivity index (χ4n) is 3.22. The van der Waals surface area contributed by atoms with E-state index in [0.717, 1.165) is 18.4 Å². The van der Waals surface area contributed by atoms with Crippen molar-refractivity contribution >= 4 is 46.0 Å². The quantitative estimate of drug-likeness (QED) is 0.714. The predicted molar refractivity (Wildman–Crippen MR) is 97.5 cm³/mol. The molecule has 0 radical (unpaired) electrons. The molecule has 3 rings (SSSR count). The van der Waals surface area contributed by atoms with Gasteiger partial charge in [-0.1, -0.05) is 30.1 Å². The number of amides is 1. The molecule has 1 fully saturated rings. The van der Waals surface area contributed by atoms with Crippen molar-refractivity contribution in [1.82, 2.24) is 15.2 Å². The molecule has 1 aliphatic carbocycles. The van der Waals surface area contributed by atoms with Crippen LogP contribution in [0.4, 0.5) is 0 Å². The Bertz CT molecular complexity index is 815. The topological polar surface area (TPSA) is 85.4 Å². The minimum absolute atomic E-state index is 0.0198. The summed E-state index contributed by atoms with van der Waals surface area (Å²) in [7, 11) is 0. The summed E-state index contributed by atoms with van der Waals surface area (Å²) < 4.78 is 0. The van der Waals surface area contributed by atoms with Gasteiger partial charge in [-0.3, -0.25) is 14.5 Å². The number of carboxylic acid groups (broad SMARTS) is 1. The van der Waals surface area contributed by atoms with Crippen LogP contribution in [-0.4, -0.2) is 52.0 Å². The Labute approximate surface area is 155 Å². The van der Waals surface area contributed by atoms with Crippen LogP contribution < -0.4 is 5.32 Å². The number of benzene rings is 1. The van der Waals surface area contributed by atoms with E-state index in [1.807, 2.05) is 11.8 Å². The number of hydrogen-bond acceptors (Lipinski definition) is 3. The van der Waals surface area contributed by atoms with Crippen molar-refractivity contribution in [2.75, 3.05) is 13.1 Å². The second-order valence-corrected chi connectivity index (χ2v) is 7.07. The third kappa shape index (κ3) is 3.76. The number of carboxylic acids is 1. The lowest BCUT2D eigenvalue weighted by atomic mass is 9.85. The Morgan fingerprint density at radius 2 is 2.08 bits per heavy atom. The molecule has 1 aliphatic rings. The predicted octanol–water partition coefficient (Wildman–Crippen LogP) is 3.14. The summed E-state index contributed by atoms with van der Waals surface area (Å²) in [5, 5.41) is 13.5. The van der Waals surface area contributed by atoms with E-state index in [1.54, 1.807) is 18.2 Å². The summed E-state index contributed by atoms with van der Waals surface area (Å²) in [4.78, 5) is 28.3. The number of aliphatic carboxylic acids is 1. The molecule has 3 N–H and O–H groups in total. The van der Waals surface area contributed by atoms with Crippen LogP contribution in [0, 0.1) is 0 Å². The number of rotatable bonds is 6. The van der Waals surface area contributed by atoms with Crippen molar-refractivity contribution in [2.24, 2.45) is 0 Å². The van der Waals surface area contributed by atoms with E-state index in [-0.39, 0.29) is 24.5 Å². The third-order valence-corrected chi connectivity index (χ3v) is 5.26. The zero-order chi connectivity index (χ0) is 18.1. The van der Waals surface area contributed by atoms with E-state index >= 15 is 0 Å². The first-order valence-electron chi connectivity index (χ1n) is 8.12. The molecule has 0 bridgehead atoms. The van der Waals surface area contributed by atoms with Crippen LogP contribution in [0.3, 0.4) is 0 Å². The Morgan fingerprint density at radius 1 is 1.36 bits per heavy atom. The van der Waals surface area contributed by atoms with Crippen molar-refractivity contribution in [2.45, 2.75) is 31.8 Å². The summed E-state index contributed by atoms with van der Waals surface area (Å²) in [5.41, 5.74) is 1.07. The first-order chi connectivity index (χ1) is 11.9. The Balaban J connectivity index is 1.63. The summed E-state index contributed by atoms with van der Waals surface area (Å²) in [6, 6.07) is 5.44. The van der Waals surface area contributed by atoms with Crippen molar-refractivity contribution in [3.8, 4) is 0 Å². The van der Waals surface area contributed by atoms with Crippen molar-refractivity contribution in [3.05, 3.63) is 33.9 Å². The highest BCUT2D eigenvalue weighted by Crippen LogP contribution is 2.31. The van der Waals surface area contributed by atoms with Crippen LogP contribution in [0.15, 0.2) is 18.2 Å². The molecule has 2 aromatic rings. The van der Waals surface area contributed by atoms with Crippen LogP contribution in [0.5, 0.6) is 0 Å². The number of likely N-dealkylation sites (N-methyl/N-ethyl adjacent to an activating group) is 1. The highest BCUT2D eigenvalue weighted by Gasteiger charge is 2.35. The van der Waals surface area contributed by atoms with Crippen molar-refractivity contribution < 1.29 is 14.7 Å². The van der Waals surface area contributed by atoms with E-state index < -0.39 is 5.97 Å². The SMILES string of the molecule is CCN(CC(=O)O)C1CC(NC(=O)c2[nH]c3ccc(Cl)cc3c2Cl)C1. The highest BCUT2D eigenvalue weighted by molar-refractivity contribution is 6.39. The number of aromatic nitrogens is 1. The van der Waals surface area contributed by atoms with E-state index in [9.17, 15) is 9.59 Å². The molecule has 0 saturated heterocycles. The normalized spacial score (nSPS) is 19.8. The van der Waals surface area contributed by atoms with Gasteiger partial charge in [0.25, 0.3) is 5.91 Å². The van der Waals surface area contributed by atoms with E-state index in [0.29, 0.717) is 27.7 Å². The number of carbonyl (C=O) groups is 2. The maximum Gasteiger partial charge on any atom is 0.317 e. The second-order valence-electron chi connectivity index (χ2n) is 6.26. The lowest BCUT2D eigenvalue weighted by molar-refractivity contribution is -0.139. The molecule has 1 amide bonds. The number of carbonyl (C=O) groups excluding carboxylic acids is 1. The second kappa shape index (κ2) is 7.23. The number of nitrogens with zero attached hydrogens (tertiary/aromatic N) is 1. The van der Waals surface area contributed by atoms with Gasteiger partial charge in [-0.25, -0.2) is 0 Å². The minimum Gasteiger partial charge on any atom is -0.480 e. The maximum atomic E-state index is 12.5. The molecule has 1 saturated carbocycles. The molecule has 1 aromatic carbocycles. The Kier molecular flexibility index (Phi) is 5.22. The molecular weight excluding hydrogens is 365 g/mol. The van der Waals surface area contributed by atoms with Gasteiger partial charge in [0.2, 0.25) is 0 Å². The molecule has 0 unspecified atom stereocenters. The average molecular weight is 384 g/mol. The Hall–Kier alpha value is -1.76. The summed E-state index contributed by atoms with van der Waals surface area (Å²) in [5.74, 6) is -1.10. The molecular formula is C17H19Cl2N3O3. The highest BCUT2D eigenvalue weighted by atomic mass is 35.5. The zero-order valence-corrected chi connectivity index (χ0v) is 15.2. The van der Waals surface area contributed by atoms with E-state index in [1.165, 1.54) is 0 Å². The van der Waals surface area contributed by atoms with Crippen LogP contribution in [0.25, 0.3) is 10.9 Å². The lowest BCUT2D eigenvalue weighted by Gasteiger charge is -2.42. The average Bonchev–Trinajstić information content (AvgIpc) is 2.85. The Morgan fingerprint density at radius 3 is 2.72 bits per heavy atom. The van der Waals surface area contributed by atoms with Crippen LogP contribution in [-0.2, 0) is 4.79 Å². The standard InChI is InChI=1S/C17H19Cl2N3O3/c1-2-22(8-14(23)24)11-6-10(7-11)20-17(25)16-15(19)12-5-9(18)3-4-13(12)21-16/h3-5,10-11,21H,2,6-8H2,1H3,(H,20,25)(H,23,24). The van der Waals surface area contributed by atoms with Crippen LogP contribution >= 0.6 is 23.2 Å². The van der Waals surface area contributed by atoms with Gasteiger partial charge < -0.3 is 15.4 Å². The molecule has 0 spiro atoms. The maximum absolute atomic E-state index is 12.5. The van der Waals surface area contributed by atoms with Gasteiger partial charge in [0.15, 0.2) is 0 Å². The lowest BCUT2D eigenvalue weighted by Crippen LogP contribution is -2.54. The molecule has 0 atom stereocenters. The number of hydrogen-bond donors (Lipinski definition) is 3. The first-order valence-corrected chi connectivity index (χ1v) is 8.88. The van der Waals surface area contributed by atoms with E-state index in [4.69, 9.17) is 28.3 Å². The zero-order valence-electron chi connectivity index (χ0n) is 13.7. The molecule has 25 heavy (non-hydrogen) atoms. The fourth-order valence-corrected chi connectivity index (χ4v) is 3.68. The molecule has 1 heterocycles. The number of halogens is 2. The van der Waals surface area contributed by atoms with Gasteiger partial charge in [-0.2, -0.15) is 0 Å². The van der Waals surface area contributed by atoms with Gasteiger partial charge in [0.05, 0.1) is 11.6 Å². The molecule has 8 heteroatoms. The molecule has 0 aliphatic heterocycles. The van der Waals surface area contributed by atoms with Crippen molar-refractivity contribution in [1.29, 1.82) is 0 Å². The number of H-pyrrole nitrogens is 1. The number of nitrogens with one attached hydrogen (secondary N) is 2. The summed E-state index contributed by atoms with van der Waals surface area (Å²) in [6.07, 6.45) is 1.47. The monoisotopic (exact) mass is 383 g/mol. The summed E-state index contributed by atoms with van der Waals surface area (Å²) in [6.45, 7) is 2.63. The number of fused-ring (bicyclic) bond motifs is 1. The van der Waals surface area contributed by atoms with Crippen LogP contribution in [0.2, 0.25) is 10.0 Å². The van der Waals surface area contributed by atoms with Gasteiger partial charge in [0, 0.05) is 28.0 Å². The summed E-state index contributed by atoms with van der Waals surface area (Å²) >= 11 is 12.3. The largest absolute Gasteiger partial charge is 0.480 e. The molecule has 134 valence electrons. The van der Waals surface area contributed by atoms with Crippen LogP contribution in [0.1, 0.15) is 30.3 Å².